The van der Waals surface area contributed by atoms with Gasteiger partial charge in [0.05, 0.1) is 0 Å². The molecule has 0 spiro atoms. The topological polar surface area (TPSA) is 78.5 Å². The highest BCUT2D eigenvalue weighted by atomic mass is 32.2. The molecule has 0 aliphatic carbocycles. The third-order valence-electron chi connectivity index (χ3n) is 4.43. The van der Waals surface area contributed by atoms with Crippen molar-refractivity contribution >= 4 is 35.3 Å². The smallest absolute Gasteiger partial charge is 0.324 e. The van der Waals surface area contributed by atoms with Gasteiger partial charge in [-0.05, 0) is 49.1 Å². The van der Waals surface area contributed by atoms with E-state index >= 15 is 0 Å². The van der Waals surface area contributed by atoms with Crippen molar-refractivity contribution in [2.45, 2.75) is 17.4 Å². The SMILES string of the molecule is CSc1cccc(NC(=O)CN2C(=O)NC(C)(c3ccc(F)c(F)c3)C2=O)c1. The maximum atomic E-state index is 13.6. The van der Waals surface area contributed by atoms with Crippen LogP contribution in [0.25, 0.3) is 0 Å². The molecule has 1 unspecified atom stereocenters. The summed E-state index contributed by atoms with van der Waals surface area (Å²) in [4.78, 5) is 39.0. The molecule has 4 amide bonds. The van der Waals surface area contributed by atoms with Gasteiger partial charge in [0.2, 0.25) is 5.91 Å². The van der Waals surface area contributed by atoms with E-state index in [1.54, 1.807) is 18.2 Å². The zero-order valence-electron chi connectivity index (χ0n) is 15.1. The van der Waals surface area contributed by atoms with E-state index in [2.05, 4.69) is 10.6 Å². The Labute approximate surface area is 164 Å². The molecule has 6 nitrogen and oxygen atoms in total. The van der Waals surface area contributed by atoms with Gasteiger partial charge >= 0.3 is 6.03 Å². The fourth-order valence-electron chi connectivity index (χ4n) is 2.89. The Morgan fingerprint density at radius 2 is 1.93 bits per heavy atom. The Hall–Kier alpha value is -2.94. The summed E-state index contributed by atoms with van der Waals surface area (Å²) >= 11 is 1.51. The van der Waals surface area contributed by atoms with Gasteiger partial charge in [-0.25, -0.2) is 13.6 Å². The Kier molecular flexibility index (Phi) is 5.37. The first-order valence-corrected chi connectivity index (χ1v) is 9.50. The van der Waals surface area contributed by atoms with Crippen molar-refractivity contribution in [3.05, 3.63) is 59.7 Å². The normalized spacial score (nSPS) is 18.9. The van der Waals surface area contributed by atoms with E-state index in [9.17, 15) is 23.2 Å². The number of nitrogens with one attached hydrogen (secondary N) is 2. The summed E-state index contributed by atoms with van der Waals surface area (Å²) in [6.07, 6.45) is 1.90. The summed E-state index contributed by atoms with van der Waals surface area (Å²) in [5, 5.41) is 5.08. The van der Waals surface area contributed by atoms with Gasteiger partial charge in [0, 0.05) is 10.6 Å². The summed E-state index contributed by atoms with van der Waals surface area (Å²) in [6, 6.07) is 9.27. The van der Waals surface area contributed by atoms with Crippen LogP contribution in [0.1, 0.15) is 12.5 Å². The maximum Gasteiger partial charge on any atom is 0.325 e. The summed E-state index contributed by atoms with van der Waals surface area (Å²) < 4.78 is 26.7. The second-order valence-electron chi connectivity index (χ2n) is 6.36. The number of thioether (sulfide) groups is 1. The van der Waals surface area contributed by atoms with Crippen molar-refractivity contribution in [1.29, 1.82) is 0 Å². The molecule has 3 rings (SSSR count). The van der Waals surface area contributed by atoms with Crippen LogP contribution in [0.2, 0.25) is 0 Å². The number of imide groups is 1. The van der Waals surface area contributed by atoms with E-state index < -0.39 is 41.6 Å². The molecule has 1 saturated heterocycles. The number of benzene rings is 2. The van der Waals surface area contributed by atoms with Crippen LogP contribution in [0.4, 0.5) is 19.3 Å². The second-order valence-corrected chi connectivity index (χ2v) is 7.24. The molecule has 1 aliphatic rings. The van der Waals surface area contributed by atoms with Gasteiger partial charge in [0.25, 0.3) is 5.91 Å². The quantitative estimate of drug-likeness (QED) is 0.592. The lowest BCUT2D eigenvalue weighted by atomic mass is 9.92. The van der Waals surface area contributed by atoms with E-state index in [1.165, 1.54) is 24.8 Å². The van der Waals surface area contributed by atoms with Crippen molar-refractivity contribution in [2.24, 2.45) is 0 Å². The van der Waals surface area contributed by atoms with Crippen LogP contribution < -0.4 is 10.6 Å². The number of rotatable bonds is 5. The maximum absolute atomic E-state index is 13.6. The molecule has 2 aromatic rings. The lowest BCUT2D eigenvalue weighted by Crippen LogP contribution is -2.42. The van der Waals surface area contributed by atoms with Crippen molar-refractivity contribution < 1.29 is 23.2 Å². The highest BCUT2D eigenvalue weighted by molar-refractivity contribution is 7.98. The van der Waals surface area contributed by atoms with Crippen LogP contribution in [0.5, 0.6) is 0 Å². The molecule has 28 heavy (non-hydrogen) atoms. The molecular formula is C19H17F2N3O3S. The molecule has 0 saturated carbocycles. The minimum Gasteiger partial charge on any atom is -0.324 e. The molecule has 1 heterocycles. The Morgan fingerprint density at radius 1 is 1.18 bits per heavy atom. The van der Waals surface area contributed by atoms with E-state index in [4.69, 9.17) is 0 Å². The summed E-state index contributed by atoms with van der Waals surface area (Å²) in [5.41, 5.74) is -0.974. The van der Waals surface area contributed by atoms with Gasteiger partial charge in [-0.1, -0.05) is 12.1 Å². The largest absolute Gasteiger partial charge is 0.325 e. The van der Waals surface area contributed by atoms with Gasteiger partial charge in [-0.15, -0.1) is 11.8 Å². The highest BCUT2D eigenvalue weighted by Gasteiger charge is 2.49. The monoisotopic (exact) mass is 405 g/mol. The number of nitrogens with zero attached hydrogens (tertiary/aromatic N) is 1. The third-order valence-corrected chi connectivity index (χ3v) is 5.15. The fraction of sp³-hybridized carbons (Fsp3) is 0.211. The standard InChI is InChI=1S/C19H17F2N3O3S/c1-19(11-6-7-14(20)15(21)8-11)17(26)24(18(27)23-19)10-16(25)22-12-4-3-5-13(9-12)28-2/h3-9H,10H2,1-2H3,(H,22,25)(H,23,27). The molecule has 9 heteroatoms. The minimum atomic E-state index is -1.59. The number of hydrogen-bond acceptors (Lipinski definition) is 4. The summed E-state index contributed by atoms with van der Waals surface area (Å²) in [5.74, 6) is -3.48. The highest BCUT2D eigenvalue weighted by Crippen LogP contribution is 2.29. The molecule has 1 fully saturated rings. The van der Waals surface area contributed by atoms with Crippen molar-refractivity contribution in [1.82, 2.24) is 10.2 Å². The van der Waals surface area contributed by atoms with Gasteiger partial charge in [-0.3, -0.25) is 14.5 Å². The first kappa shape index (κ1) is 19.8. The first-order chi connectivity index (χ1) is 13.2. The Morgan fingerprint density at radius 3 is 2.61 bits per heavy atom. The number of halogens is 2. The Bertz CT molecular complexity index is 969. The van der Waals surface area contributed by atoms with Crippen molar-refractivity contribution in [2.75, 3.05) is 18.1 Å². The zero-order valence-corrected chi connectivity index (χ0v) is 15.9. The molecular weight excluding hydrogens is 388 g/mol. The van der Waals surface area contributed by atoms with E-state index in [0.29, 0.717) is 5.69 Å². The van der Waals surface area contributed by atoms with Gasteiger partial charge in [0.15, 0.2) is 11.6 Å². The van der Waals surface area contributed by atoms with Gasteiger partial charge in [-0.2, -0.15) is 0 Å². The zero-order chi connectivity index (χ0) is 20.5. The molecule has 146 valence electrons. The number of anilines is 1. The molecule has 1 aliphatic heterocycles. The van der Waals surface area contributed by atoms with Crippen molar-refractivity contribution in [3.63, 3.8) is 0 Å². The van der Waals surface area contributed by atoms with Gasteiger partial charge < -0.3 is 10.6 Å². The molecule has 2 aromatic carbocycles. The predicted octanol–water partition coefficient (Wildman–Crippen LogP) is 3.09. The van der Waals surface area contributed by atoms with E-state index in [0.717, 1.165) is 21.9 Å². The lowest BCUT2D eigenvalue weighted by Gasteiger charge is -2.22. The molecule has 0 aromatic heterocycles. The van der Waals surface area contributed by atoms with Crippen LogP contribution in [0, 0.1) is 11.6 Å². The third kappa shape index (κ3) is 3.70. The van der Waals surface area contributed by atoms with E-state index in [1.807, 2.05) is 12.3 Å². The summed E-state index contributed by atoms with van der Waals surface area (Å²) in [7, 11) is 0. The average molecular weight is 405 g/mol. The second kappa shape index (κ2) is 7.59. The van der Waals surface area contributed by atoms with Crippen LogP contribution in [0.15, 0.2) is 47.4 Å². The van der Waals surface area contributed by atoms with Crippen molar-refractivity contribution in [3.8, 4) is 0 Å². The van der Waals surface area contributed by atoms with Crippen LogP contribution >= 0.6 is 11.8 Å². The first-order valence-electron chi connectivity index (χ1n) is 8.28. The number of carbonyl (C=O) groups excluding carboxylic acids is 3. The molecule has 0 radical (unpaired) electrons. The van der Waals surface area contributed by atoms with Gasteiger partial charge in [0.1, 0.15) is 12.1 Å². The number of carbonyl (C=O) groups is 3. The predicted molar refractivity (Wildman–Crippen MR) is 101 cm³/mol. The van der Waals surface area contributed by atoms with Crippen LogP contribution in [-0.4, -0.2) is 35.5 Å². The summed E-state index contributed by atoms with van der Waals surface area (Å²) in [6.45, 7) is 0.868. The number of amides is 4. The average Bonchev–Trinajstić information content (AvgIpc) is 2.88. The van der Waals surface area contributed by atoms with E-state index in [-0.39, 0.29) is 5.56 Å². The Balaban J connectivity index is 1.76. The number of hydrogen-bond donors (Lipinski definition) is 2. The molecule has 2 N–H and O–H groups in total. The molecule has 1 atom stereocenters. The fourth-order valence-corrected chi connectivity index (χ4v) is 3.35. The van der Waals surface area contributed by atoms with Crippen LogP contribution in [0.3, 0.4) is 0 Å². The lowest BCUT2D eigenvalue weighted by molar-refractivity contribution is -0.133. The van der Waals surface area contributed by atoms with Crippen LogP contribution in [-0.2, 0) is 15.1 Å². The number of urea groups is 1. The minimum absolute atomic E-state index is 0.0836. The molecule has 0 bridgehead atoms.